The number of likely N-dealkylation sites (tertiary alicyclic amines) is 1. The summed E-state index contributed by atoms with van der Waals surface area (Å²) in [6.45, 7) is 4.03. The molecule has 0 saturated carbocycles. The van der Waals surface area contributed by atoms with Gasteiger partial charge in [0.15, 0.2) is 0 Å². The highest BCUT2D eigenvalue weighted by molar-refractivity contribution is 7.88. The van der Waals surface area contributed by atoms with Crippen LogP contribution in [0, 0.1) is 11.3 Å². The number of fused-ring (bicyclic) bond motifs is 1. The highest BCUT2D eigenvalue weighted by Crippen LogP contribution is 2.37. The van der Waals surface area contributed by atoms with Crippen molar-refractivity contribution in [3.8, 4) is 0 Å². The second-order valence-electron chi connectivity index (χ2n) is 7.86. The molecule has 25 heavy (non-hydrogen) atoms. The molecule has 1 aromatic rings. The molecular formula is C19H28N2O3S. The molecule has 1 atom stereocenters. The molecule has 1 heterocycles. The summed E-state index contributed by atoms with van der Waals surface area (Å²) < 4.78 is 25.0. The molecule has 6 heteroatoms. The van der Waals surface area contributed by atoms with Crippen LogP contribution in [0.1, 0.15) is 37.3 Å². The van der Waals surface area contributed by atoms with E-state index in [1.807, 2.05) is 4.90 Å². The lowest BCUT2D eigenvalue weighted by molar-refractivity contribution is -0.143. The number of nitrogens with one attached hydrogen (secondary N) is 1. The van der Waals surface area contributed by atoms with Crippen molar-refractivity contribution in [3.63, 3.8) is 0 Å². The maximum atomic E-state index is 13.1. The highest BCUT2D eigenvalue weighted by Gasteiger charge is 2.40. The molecule has 0 spiro atoms. The third-order valence-corrected chi connectivity index (χ3v) is 6.39. The van der Waals surface area contributed by atoms with Crippen molar-refractivity contribution < 1.29 is 13.2 Å². The van der Waals surface area contributed by atoms with E-state index < -0.39 is 10.0 Å². The van der Waals surface area contributed by atoms with Gasteiger partial charge in [0.2, 0.25) is 15.9 Å². The van der Waals surface area contributed by atoms with Gasteiger partial charge < -0.3 is 4.90 Å². The second-order valence-corrected chi connectivity index (χ2v) is 9.70. The van der Waals surface area contributed by atoms with Crippen LogP contribution in [0.15, 0.2) is 24.3 Å². The molecule has 1 N–H and O–H groups in total. The van der Waals surface area contributed by atoms with E-state index in [2.05, 4.69) is 35.9 Å². The lowest BCUT2D eigenvalue weighted by atomic mass is 9.71. The van der Waals surface area contributed by atoms with Gasteiger partial charge in [-0.25, -0.2) is 13.1 Å². The summed E-state index contributed by atoms with van der Waals surface area (Å²) in [5.74, 6) is 0.579. The number of rotatable bonds is 4. The van der Waals surface area contributed by atoms with E-state index in [1.54, 1.807) is 0 Å². The normalized spacial score (nSPS) is 24.8. The van der Waals surface area contributed by atoms with Crippen LogP contribution in [-0.4, -0.2) is 45.1 Å². The van der Waals surface area contributed by atoms with E-state index in [0.717, 1.165) is 45.2 Å². The zero-order valence-corrected chi connectivity index (χ0v) is 15.9. The molecule has 1 fully saturated rings. The van der Waals surface area contributed by atoms with E-state index in [0.29, 0.717) is 12.5 Å². The molecule has 2 aliphatic rings. The first-order valence-electron chi connectivity index (χ1n) is 9.08. The van der Waals surface area contributed by atoms with Crippen molar-refractivity contribution in [1.82, 2.24) is 9.62 Å². The van der Waals surface area contributed by atoms with Crippen LogP contribution in [0.3, 0.4) is 0 Å². The third kappa shape index (κ3) is 4.42. The molecule has 1 aliphatic carbocycles. The van der Waals surface area contributed by atoms with Crippen molar-refractivity contribution >= 4 is 15.9 Å². The number of carbonyl (C=O) groups excluding carboxylic acids is 1. The van der Waals surface area contributed by atoms with Crippen molar-refractivity contribution in [2.75, 3.05) is 25.9 Å². The SMILES string of the molecule is CC1(C(=O)N2CCC(CNS(C)(=O)=O)CC2)CCc2ccccc2C1. The maximum absolute atomic E-state index is 13.1. The standard InChI is InChI=1S/C19H28N2O3S/c1-19(10-7-16-5-3-4-6-17(16)13-19)18(22)21-11-8-15(9-12-21)14-20-25(2,23)24/h3-6,15,20H,7-14H2,1-2H3. The maximum Gasteiger partial charge on any atom is 0.228 e. The van der Waals surface area contributed by atoms with Gasteiger partial charge in [0, 0.05) is 19.6 Å². The van der Waals surface area contributed by atoms with Crippen LogP contribution in [0.2, 0.25) is 0 Å². The van der Waals surface area contributed by atoms with Crippen molar-refractivity contribution in [2.24, 2.45) is 11.3 Å². The van der Waals surface area contributed by atoms with Crippen LogP contribution in [-0.2, 0) is 27.7 Å². The molecule has 1 unspecified atom stereocenters. The Morgan fingerprint density at radius 3 is 2.52 bits per heavy atom. The van der Waals surface area contributed by atoms with E-state index in [4.69, 9.17) is 0 Å². The number of hydrogen-bond donors (Lipinski definition) is 1. The number of nitrogens with zero attached hydrogens (tertiary/aromatic N) is 1. The number of hydrogen-bond acceptors (Lipinski definition) is 3. The topological polar surface area (TPSA) is 66.5 Å². The van der Waals surface area contributed by atoms with Gasteiger partial charge in [0.05, 0.1) is 11.7 Å². The quantitative estimate of drug-likeness (QED) is 0.888. The van der Waals surface area contributed by atoms with Gasteiger partial charge >= 0.3 is 0 Å². The fraction of sp³-hybridized carbons (Fsp3) is 0.632. The second kappa shape index (κ2) is 7.08. The number of aryl methyl sites for hydroxylation is 1. The van der Waals surface area contributed by atoms with Gasteiger partial charge in [-0.3, -0.25) is 4.79 Å². The van der Waals surface area contributed by atoms with E-state index in [9.17, 15) is 13.2 Å². The minimum atomic E-state index is -3.14. The summed E-state index contributed by atoms with van der Waals surface area (Å²) in [4.78, 5) is 15.1. The molecule has 0 bridgehead atoms. The summed E-state index contributed by atoms with van der Waals surface area (Å²) >= 11 is 0. The monoisotopic (exact) mass is 364 g/mol. The largest absolute Gasteiger partial charge is 0.342 e. The summed E-state index contributed by atoms with van der Waals surface area (Å²) in [6, 6.07) is 8.43. The molecule has 1 aromatic carbocycles. The van der Waals surface area contributed by atoms with Gasteiger partial charge in [-0.2, -0.15) is 0 Å². The first-order chi connectivity index (χ1) is 11.8. The van der Waals surface area contributed by atoms with Gasteiger partial charge in [-0.15, -0.1) is 0 Å². The van der Waals surface area contributed by atoms with E-state index in [1.165, 1.54) is 17.4 Å². The Balaban J connectivity index is 1.58. The Kier molecular flexibility index (Phi) is 5.21. The Labute approximate surface area is 150 Å². The molecule has 1 aliphatic heterocycles. The Hall–Kier alpha value is -1.40. The number of benzene rings is 1. The zero-order valence-electron chi connectivity index (χ0n) is 15.1. The van der Waals surface area contributed by atoms with Crippen LogP contribution >= 0.6 is 0 Å². The van der Waals surface area contributed by atoms with Gasteiger partial charge in [-0.1, -0.05) is 31.2 Å². The Bertz CT molecular complexity index is 739. The average molecular weight is 365 g/mol. The van der Waals surface area contributed by atoms with Gasteiger partial charge in [-0.05, 0) is 49.1 Å². The zero-order chi connectivity index (χ0) is 18.1. The fourth-order valence-electron chi connectivity index (χ4n) is 4.07. The molecule has 1 saturated heterocycles. The Morgan fingerprint density at radius 2 is 1.88 bits per heavy atom. The molecule has 0 radical (unpaired) electrons. The first-order valence-corrected chi connectivity index (χ1v) is 11.0. The van der Waals surface area contributed by atoms with Crippen molar-refractivity contribution in [2.45, 2.75) is 39.0 Å². The van der Waals surface area contributed by atoms with Crippen LogP contribution in [0.5, 0.6) is 0 Å². The van der Waals surface area contributed by atoms with Gasteiger partial charge in [0.25, 0.3) is 0 Å². The van der Waals surface area contributed by atoms with E-state index >= 15 is 0 Å². The summed E-state index contributed by atoms with van der Waals surface area (Å²) in [6.07, 6.45) is 5.60. The minimum Gasteiger partial charge on any atom is -0.342 e. The number of sulfonamides is 1. The molecular weight excluding hydrogens is 336 g/mol. The molecule has 138 valence electrons. The first kappa shape index (κ1) is 18.4. The number of carbonyl (C=O) groups is 1. The average Bonchev–Trinajstić information content (AvgIpc) is 2.59. The molecule has 3 rings (SSSR count). The molecule has 5 nitrogen and oxygen atoms in total. The highest BCUT2D eigenvalue weighted by atomic mass is 32.2. The fourth-order valence-corrected chi connectivity index (χ4v) is 4.61. The summed E-state index contributed by atoms with van der Waals surface area (Å²) in [7, 11) is -3.14. The van der Waals surface area contributed by atoms with Crippen LogP contribution < -0.4 is 4.72 Å². The predicted octanol–water partition coefficient (Wildman–Crippen LogP) is 1.97. The van der Waals surface area contributed by atoms with Crippen molar-refractivity contribution in [3.05, 3.63) is 35.4 Å². The third-order valence-electron chi connectivity index (χ3n) is 5.70. The lowest BCUT2D eigenvalue weighted by Crippen LogP contribution is -2.49. The van der Waals surface area contributed by atoms with Crippen LogP contribution in [0.25, 0.3) is 0 Å². The van der Waals surface area contributed by atoms with Gasteiger partial charge in [0.1, 0.15) is 0 Å². The minimum absolute atomic E-state index is 0.261. The van der Waals surface area contributed by atoms with Crippen molar-refractivity contribution in [1.29, 1.82) is 0 Å². The Morgan fingerprint density at radius 1 is 1.24 bits per heavy atom. The number of amides is 1. The predicted molar refractivity (Wildman–Crippen MR) is 98.7 cm³/mol. The summed E-state index contributed by atoms with van der Waals surface area (Å²) in [5, 5.41) is 0. The summed E-state index contributed by atoms with van der Waals surface area (Å²) in [5.41, 5.74) is 2.36. The molecule has 1 amide bonds. The molecule has 0 aromatic heterocycles. The van der Waals surface area contributed by atoms with Crippen LogP contribution in [0.4, 0.5) is 0 Å². The lowest BCUT2D eigenvalue weighted by Gasteiger charge is -2.40. The number of piperidine rings is 1. The van der Waals surface area contributed by atoms with E-state index in [-0.39, 0.29) is 11.3 Å². The smallest absolute Gasteiger partial charge is 0.228 e.